The Morgan fingerprint density at radius 3 is 2.57 bits per heavy atom. The number of ether oxygens (including phenoxy) is 1. The van der Waals surface area contributed by atoms with Crippen LogP contribution in [0.5, 0.6) is 5.75 Å². The van der Waals surface area contributed by atoms with Crippen molar-refractivity contribution in [3.05, 3.63) is 51.7 Å². The molecular weight excluding hydrogens is 278 g/mol. The van der Waals surface area contributed by atoms with Crippen LogP contribution in [0.2, 0.25) is 0 Å². The van der Waals surface area contributed by atoms with E-state index in [1.165, 1.54) is 34.6 Å². The van der Waals surface area contributed by atoms with Gasteiger partial charge in [-0.1, -0.05) is 25.5 Å². The summed E-state index contributed by atoms with van der Waals surface area (Å²) in [5.41, 5.74) is 1.38. The van der Waals surface area contributed by atoms with Gasteiger partial charge in [0.15, 0.2) is 0 Å². The normalized spacial score (nSPS) is 14.3. The fourth-order valence-corrected chi connectivity index (χ4v) is 3.21. The predicted octanol–water partition coefficient (Wildman–Crippen LogP) is 4.53. The Morgan fingerprint density at radius 1 is 1.10 bits per heavy atom. The van der Waals surface area contributed by atoms with Crippen LogP contribution in [0.15, 0.2) is 36.4 Å². The second-order valence-corrected chi connectivity index (χ2v) is 6.96. The minimum absolute atomic E-state index is 0.668. The molecule has 0 aliphatic heterocycles. The van der Waals surface area contributed by atoms with Gasteiger partial charge in [0.05, 0.1) is 0 Å². The van der Waals surface area contributed by atoms with Crippen LogP contribution in [0.3, 0.4) is 0 Å². The molecule has 1 aromatic carbocycles. The van der Waals surface area contributed by atoms with Gasteiger partial charge in [0, 0.05) is 22.3 Å². The van der Waals surface area contributed by atoms with E-state index in [0.717, 1.165) is 24.8 Å². The van der Waals surface area contributed by atoms with E-state index in [9.17, 15) is 0 Å². The van der Waals surface area contributed by atoms with E-state index < -0.39 is 0 Å². The summed E-state index contributed by atoms with van der Waals surface area (Å²) in [5, 5.41) is 3.55. The molecule has 1 N–H and O–H groups in total. The van der Waals surface area contributed by atoms with Crippen molar-refractivity contribution < 1.29 is 4.74 Å². The molecule has 1 heterocycles. The second kappa shape index (κ2) is 7.10. The third-order valence-corrected chi connectivity index (χ3v) is 4.76. The highest BCUT2D eigenvalue weighted by molar-refractivity contribution is 7.11. The van der Waals surface area contributed by atoms with Gasteiger partial charge in [0.2, 0.25) is 0 Å². The molecule has 1 aliphatic rings. The summed E-state index contributed by atoms with van der Waals surface area (Å²) in [4.78, 5) is 2.69. The molecule has 0 atom stereocenters. The van der Waals surface area contributed by atoms with Crippen molar-refractivity contribution in [2.45, 2.75) is 51.8 Å². The molecule has 2 nitrogen and oxygen atoms in total. The van der Waals surface area contributed by atoms with Gasteiger partial charge in [-0.05, 0) is 49.1 Å². The van der Waals surface area contributed by atoms with Gasteiger partial charge in [-0.25, -0.2) is 0 Å². The standard InChI is InChI=1S/C18H23NOS/c1-2-3-14-4-8-16(9-5-14)20-13-18-11-10-17(21-18)12-19-15-6-7-15/h4-5,8-11,15,19H,2-3,6-7,12-13H2,1H3. The fraction of sp³-hybridized carbons (Fsp3) is 0.444. The summed E-state index contributed by atoms with van der Waals surface area (Å²) in [6, 6.07) is 13.6. The van der Waals surface area contributed by atoms with Crippen molar-refractivity contribution in [1.82, 2.24) is 5.32 Å². The Labute approximate surface area is 131 Å². The summed E-state index contributed by atoms with van der Waals surface area (Å²) in [5.74, 6) is 0.959. The van der Waals surface area contributed by atoms with Crippen LogP contribution < -0.4 is 10.1 Å². The topological polar surface area (TPSA) is 21.3 Å². The average Bonchev–Trinajstić information content (AvgIpc) is 3.23. The highest BCUT2D eigenvalue weighted by Gasteiger charge is 2.20. The van der Waals surface area contributed by atoms with Crippen LogP contribution >= 0.6 is 11.3 Å². The molecule has 1 aliphatic carbocycles. The Hall–Kier alpha value is -1.32. The van der Waals surface area contributed by atoms with Gasteiger partial charge in [0.1, 0.15) is 12.4 Å². The lowest BCUT2D eigenvalue weighted by atomic mass is 10.1. The van der Waals surface area contributed by atoms with E-state index in [1.54, 1.807) is 0 Å². The van der Waals surface area contributed by atoms with Gasteiger partial charge in [-0.15, -0.1) is 11.3 Å². The molecule has 2 aromatic rings. The summed E-state index contributed by atoms with van der Waals surface area (Å²) < 4.78 is 5.87. The smallest absolute Gasteiger partial charge is 0.122 e. The van der Waals surface area contributed by atoms with Gasteiger partial charge in [-0.2, -0.15) is 0 Å². The lowest BCUT2D eigenvalue weighted by molar-refractivity contribution is 0.309. The van der Waals surface area contributed by atoms with Crippen molar-refractivity contribution in [2.75, 3.05) is 0 Å². The third kappa shape index (κ3) is 4.58. The Balaban J connectivity index is 1.47. The minimum Gasteiger partial charge on any atom is -0.488 e. The molecule has 0 spiro atoms. The molecule has 1 fully saturated rings. The molecule has 0 radical (unpaired) electrons. The van der Waals surface area contributed by atoms with Crippen LogP contribution in [-0.4, -0.2) is 6.04 Å². The minimum atomic E-state index is 0.668. The van der Waals surface area contributed by atoms with Crippen molar-refractivity contribution >= 4 is 11.3 Å². The molecule has 112 valence electrons. The van der Waals surface area contributed by atoms with Crippen LogP contribution in [-0.2, 0) is 19.6 Å². The van der Waals surface area contributed by atoms with Crippen molar-refractivity contribution in [3.63, 3.8) is 0 Å². The van der Waals surface area contributed by atoms with Gasteiger partial charge in [0.25, 0.3) is 0 Å². The summed E-state index contributed by atoms with van der Waals surface area (Å²) in [7, 11) is 0. The average molecular weight is 301 g/mol. The largest absolute Gasteiger partial charge is 0.488 e. The number of aryl methyl sites for hydroxylation is 1. The quantitative estimate of drug-likeness (QED) is 0.773. The van der Waals surface area contributed by atoms with Crippen LogP contribution in [0, 0.1) is 0 Å². The van der Waals surface area contributed by atoms with Crippen molar-refractivity contribution in [1.29, 1.82) is 0 Å². The number of thiophene rings is 1. The number of nitrogens with one attached hydrogen (secondary N) is 1. The van der Waals surface area contributed by atoms with E-state index in [1.807, 2.05) is 11.3 Å². The van der Waals surface area contributed by atoms with Gasteiger partial charge in [-0.3, -0.25) is 0 Å². The highest BCUT2D eigenvalue weighted by atomic mass is 32.1. The first kappa shape index (κ1) is 14.6. The molecule has 0 unspecified atom stereocenters. The SMILES string of the molecule is CCCc1ccc(OCc2ccc(CNC3CC3)s2)cc1. The van der Waals surface area contributed by atoms with E-state index in [2.05, 4.69) is 48.6 Å². The lowest BCUT2D eigenvalue weighted by Gasteiger charge is -2.05. The number of benzene rings is 1. The summed E-state index contributed by atoms with van der Waals surface area (Å²) in [6.45, 7) is 3.87. The van der Waals surface area contributed by atoms with Gasteiger partial charge >= 0.3 is 0 Å². The maximum atomic E-state index is 5.87. The van der Waals surface area contributed by atoms with Gasteiger partial charge < -0.3 is 10.1 Å². The first-order valence-electron chi connectivity index (χ1n) is 7.86. The van der Waals surface area contributed by atoms with E-state index in [4.69, 9.17) is 4.74 Å². The molecule has 3 rings (SSSR count). The maximum Gasteiger partial charge on any atom is 0.122 e. The summed E-state index contributed by atoms with van der Waals surface area (Å²) >= 11 is 1.85. The third-order valence-electron chi connectivity index (χ3n) is 3.70. The molecule has 21 heavy (non-hydrogen) atoms. The zero-order chi connectivity index (χ0) is 14.5. The molecule has 0 amide bonds. The van der Waals surface area contributed by atoms with Crippen LogP contribution in [0.1, 0.15) is 41.5 Å². The molecule has 1 saturated carbocycles. The molecule has 1 aromatic heterocycles. The number of hydrogen-bond acceptors (Lipinski definition) is 3. The monoisotopic (exact) mass is 301 g/mol. The van der Waals surface area contributed by atoms with E-state index in [0.29, 0.717) is 6.61 Å². The first-order valence-corrected chi connectivity index (χ1v) is 8.68. The fourth-order valence-electron chi connectivity index (χ4n) is 2.32. The van der Waals surface area contributed by atoms with E-state index >= 15 is 0 Å². The maximum absolute atomic E-state index is 5.87. The number of hydrogen-bond donors (Lipinski definition) is 1. The molecule has 3 heteroatoms. The molecular formula is C18H23NOS. The van der Waals surface area contributed by atoms with Crippen LogP contribution in [0.25, 0.3) is 0 Å². The van der Waals surface area contributed by atoms with Crippen molar-refractivity contribution in [2.24, 2.45) is 0 Å². The number of rotatable bonds is 8. The first-order chi connectivity index (χ1) is 10.3. The lowest BCUT2D eigenvalue weighted by Crippen LogP contribution is -2.14. The second-order valence-electron chi connectivity index (χ2n) is 5.71. The van der Waals surface area contributed by atoms with E-state index in [-0.39, 0.29) is 0 Å². The molecule has 0 saturated heterocycles. The highest BCUT2D eigenvalue weighted by Crippen LogP contribution is 2.23. The zero-order valence-electron chi connectivity index (χ0n) is 12.6. The summed E-state index contributed by atoms with van der Waals surface area (Å²) in [6.07, 6.45) is 5.01. The molecule has 0 bridgehead atoms. The Kier molecular flexibility index (Phi) is 4.94. The Morgan fingerprint density at radius 2 is 1.86 bits per heavy atom. The Bertz CT molecular complexity index is 557. The van der Waals surface area contributed by atoms with Crippen LogP contribution in [0.4, 0.5) is 0 Å². The van der Waals surface area contributed by atoms with Crippen molar-refractivity contribution in [3.8, 4) is 5.75 Å². The predicted molar refractivity (Wildman–Crippen MR) is 88.9 cm³/mol. The zero-order valence-corrected chi connectivity index (χ0v) is 13.4.